The van der Waals surface area contributed by atoms with E-state index in [2.05, 4.69) is 9.72 Å². The van der Waals surface area contributed by atoms with Gasteiger partial charge in [-0.2, -0.15) is 8.78 Å². The lowest BCUT2D eigenvalue weighted by atomic mass is 10.1. The molecule has 0 aliphatic carbocycles. The third kappa shape index (κ3) is 3.67. The lowest BCUT2D eigenvalue weighted by Gasteiger charge is -2.12. The zero-order valence-electron chi connectivity index (χ0n) is 13.5. The van der Waals surface area contributed by atoms with E-state index in [0.29, 0.717) is 22.1 Å². The Labute approximate surface area is 151 Å². The summed E-state index contributed by atoms with van der Waals surface area (Å²) < 4.78 is 30.8. The number of ether oxygens (including phenoxy) is 1. The van der Waals surface area contributed by atoms with Crippen LogP contribution in [-0.4, -0.2) is 27.3 Å². The van der Waals surface area contributed by atoms with Crippen molar-refractivity contribution in [3.63, 3.8) is 0 Å². The van der Waals surface area contributed by atoms with Crippen molar-refractivity contribution in [3.05, 3.63) is 64.8 Å². The summed E-state index contributed by atoms with van der Waals surface area (Å²) in [6.07, 6.45) is 3.47. The minimum Gasteiger partial charge on any atom is -0.435 e. The minimum absolute atomic E-state index is 0.0263. The van der Waals surface area contributed by atoms with E-state index in [1.54, 1.807) is 35.0 Å². The number of alkyl halides is 2. The van der Waals surface area contributed by atoms with Gasteiger partial charge in [-0.15, -0.1) is 0 Å². The van der Waals surface area contributed by atoms with E-state index in [9.17, 15) is 18.9 Å². The van der Waals surface area contributed by atoms with Crippen LogP contribution in [0.5, 0.6) is 5.75 Å². The first-order chi connectivity index (χ1) is 12.5. The third-order valence-corrected chi connectivity index (χ3v) is 4.24. The Balaban J connectivity index is 2.06. The molecule has 0 amide bonds. The minimum atomic E-state index is -2.89. The molecule has 1 heterocycles. The SMILES string of the molecule is CSc1ncc(-c2cccc([N+](=O)[O-])c2)n1-c1ccc(OC(F)F)cc1. The van der Waals surface area contributed by atoms with Gasteiger partial charge in [0.05, 0.1) is 16.8 Å². The Morgan fingerprint density at radius 1 is 1.23 bits per heavy atom. The zero-order valence-corrected chi connectivity index (χ0v) is 14.3. The zero-order chi connectivity index (χ0) is 18.7. The number of benzene rings is 2. The van der Waals surface area contributed by atoms with Crippen LogP contribution >= 0.6 is 11.8 Å². The number of nitro groups is 1. The molecule has 0 aliphatic heterocycles. The van der Waals surface area contributed by atoms with Crippen LogP contribution in [0.3, 0.4) is 0 Å². The molecule has 0 radical (unpaired) electrons. The molecule has 0 N–H and O–H groups in total. The third-order valence-electron chi connectivity index (χ3n) is 3.58. The summed E-state index contributed by atoms with van der Waals surface area (Å²) in [5, 5.41) is 11.7. The molecule has 0 unspecified atom stereocenters. The van der Waals surface area contributed by atoms with Gasteiger partial charge in [0, 0.05) is 23.4 Å². The highest BCUT2D eigenvalue weighted by atomic mass is 32.2. The van der Waals surface area contributed by atoms with Crippen molar-refractivity contribution in [2.24, 2.45) is 0 Å². The number of nitrogens with zero attached hydrogens (tertiary/aromatic N) is 3. The fourth-order valence-corrected chi connectivity index (χ4v) is 3.03. The molecule has 0 saturated carbocycles. The van der Waals surface area contributed by atoms with E-state index >= 15 is 0 Å². The first kappa shape index (κ1) is 17.9. The van der Waals surface area contributed by atoms with Crippen LogP contribution in [-0.2, 0) is 0 Å². The number of imidazole rings is 1. The number of rotatable bonds is 6. The fraction of sp³-hybridized carbons (Fsp3) is 0.118. The second-order valence-electron chi connectivity index (χ2n) is 5.15. The summed E-state index contributed by atoms with van der Waals surface area (Å²) >= 11 is 1.40. The molecule has 0 spiro atoms. The average Bonchev–Trinajstić information content (AvgIpc) is 3.06. The molecule has 6 nitrogen and oxygen atoms in total. The van der Waals surface area contributed by atoms with Gasteiger partial charge in [-0.25, -0.2) is 4.98 Å². The van der Waals surface area contributed by atoms with Crippen LogP contribution in [0.4, 0.5) is 14.5 Å². The van der Waals surface area contributed by atoms with Gasteiger partial charge < -0.3 is 4.74 Å². The Morgan fingerprint density at radius 3 is 2.58 bits per heavy atom. The van der Waals surface area contributed by atoms with Crippen molar-refractivity contribution >= 4 is 17.4 Å². The molecule has 9 heteroatoms. The normalized spacial score (nSPS) is 10.9. The maximum absolute atomic E-state index is 12.3. The summed E-state index contributed by atoms with van der Waals surface area (Å²) in [5.74, 6) is 0.0477. The second kappa shape index (κ2) is 7.52. The quantitative estimate of drug-likeness (QED) is 0.352. The van der Waals surface area contributed by atoms with Gasteiger partial charge in [-0.05, 0) is 30.5 Å². The monoisotopic (exact) mass is 377 g/mol. The molecule has 0 bridgehead atoms. The molecule has 0 saturated heterocycles. The van der Waals surface area contributed by atoms with Crippen LogP contribution < -0.4 is 4.74 Å². The first-order valence-electron chi connectivity index (χ1n) is 7.41. The summed E-state index contributed by atoms with van der Waals surface area (Å²) in [7, 11) is 0. The van der Waals surface area contributed by atoms with E-state index in [-0.39, 0.29) is 11.4 Å². The summed E-state index contributed by atoms with van der Waals surface area (Å²) in [4.78, 5) is 14.9. The first-order valence-corrected chi connectivity index (χ1v) is 8.64. The Hall–Kier alpha value is -2.94. The molecule has 1 aromatic heterocycles. The van der Waals surface area contributed by atoms with Crippen LogP contribution in [0.25, 0.3) is 16.9 Å². The van der Waals surface area contributed by atoms with E-state index in [1.807, 2.05) is 6.26 Å². The van der Waals surface area contributed by atoms with Gasteiger partial charge in [-0.1, -0.05) is 23.9 Å². The van der Waals surface area contributed by atoms with Crippen molar-refractivity contribution in [3.8, 4) is 22.7 Å². The molecule has 3 rings (SSSR count). The fourth-order valence-electron chi connectivity index (χ4n) is 2.49. The highest BCUT2D eigenvalue weighted by Gasteiger charge is 2.16. The van der Waals surface area contributed by atoms with E-state index in [4.69, 9.17) is 0 Å². The molecule has 134 valence electrons. The van der Waals surface area contributed by atoms with Crippen LogP contribution in [0.1, 0.15) is 0 Å². The van der Waals surface area contributed by atoms with Crippen molar-refractivity contribution in [2.45, 2.75) is 11.8 Å². The summed E-state index contributed by atoms with van der Waals surface area (Å²) in [5.41, 5.74) is 1.93. The van der Waals surface area contributed by atoms with Gasteiger partial charge in [0.1, 0.15) is 5.75 Å². The van der Waals surface area contributed by atoms with Crippen LogP contribution in [0, 0.1) is 10.1 Å². The molecular formula is C17H13F2N3O3S. The summed E-state index contributed by atoms with van der Waals surface area (Å²) in [6, 6.07) is 12.3. The molecule has 26 heavy (non-hydrogen) atoms. The number of hydrogen-bond donors (Lipinski definition) is 0. The number of hydrogen-bond acceptors (Lipinski definition) is 5. The molecule has 0 atom stereocenters. The number of halogens is 2. The molecule has 3 aromatic rings. The predicted octanol–water partition coefficient (Wildman–Crippen LogP) is 4.77. The Bertz CT molecular complexity index is 929. The largest absolute Gasteiger partial charge is 0.435 e. The highest BCUT2D eigenvalue weighted by molar-refractivity contribution is 7.98. The lowest BCUT2D eigenvalue weighted by Crippen LogP contribution is -2.03. The van der Waals surface area contributed by atoms with Crippen LogP contribution in [0.15, 0.2) is 59.9 Å². The van der Waals surface area contributed by atoms with E-state index in [1.165, 1.54) is 36.0 Å². The number of aromatic nitrogens is 2. The second-order valence-corrected chi connectivity index (χ2v) is 5.92. The van der Waals surface area contributed by atoms with Crippen molar-refractivity contribution < 1.29 is 18.4 Å². The maximum atomic E-state index is 12.3. The van der Waals surface area contributed by atoms with E-state index in [0.717, 1.165) is 0 Å². The topological polar surface area (TPSA) is 70.2 Å². The average molecular weight is 377 g/mol. The van der Waals surface area contributed by atoms with Crippen molar-refractivity contribution in [2.75, 3.05) is 6.26 Å². The van der Waals surface area contributed by atoms with Gasteiger partial charge >= 0.3 is 6.61 Å². The van der Waals surface area contributed by atoms with Gasteiger partial charge in [0.15, 0.2) is 5.16 Å². The maximum Gasteiger partial charge on any atom is 0.387 e. The van der Waals surface area contributed by atoms with Gasteiger partial charge in [0.2, 0.25) is 0 Å². The standard InChI is InChI=1S/C17H13F2N3O3S/c1-26-17-20-10-15(11-3-2-4-13(9-11)22(23)24)21(17)12-5-7-14(8-6-12)25-16(18)19/h2-10,16H,1H3. The number of nitro benzene ring substituents is 1. The highest BCUT2D eigenvalue weighted by Crippen LogP contribution is 2.31. The summed E-state index contributed by atoms with van der Waals surface area (Å²) in [6.45, 7) is -2.89. The van der Waals surface area contributed by atoms with Crippen LogP contribution in [0.2, 0.25) is 0 Å². The Kier molecular flexibility index (Phi) is 5.17. The van der Waals surface area contributed by atoms with Gasteiger partial charge in [0.25, 0.3) is 5.69 Å². The van der Waals surface area contributed by atoms with Gasteiger partial charge in [-0.3, -0.25) is 14.7 Å². The number of thioether (sulfide) groups is 1. The smallest absolute Gasteiger partial charge is 0.387 e. The van der Waals surface area contributed by atoms with E-state index < -0.39 is 11.5 Å². The Morgan fingerprint density at radius 2 is 1.96 bits per heavy atom. The predicted molar refractivity (Wildman–Crippen MR) is 94.1 cm³/mol. The van der Waals surface area contributed by atoms with Crippen molar-refractivity contribution in [1.29, 1.82) is 0 Å². The lowest BCUT2D eigenvalue weighted by molar-refractivity contribution is -0.384. The molecule has 0 aliphatic rings. The molecular weight excluding hydrogens is 364 g/mol. The molecule has 2 aromatic carbocycles. The van der Waals surface area contributed by atoms with Crippen molar-refractivity contribution in [1.82, 2.24) is 9.55 Å². The molecule has 0 fully saturated rings. The number of non-ortho nitro benzene ring substituents is 1.